The molecule has 1 aromatic heterocycles. The molecule has 0 amide bonds. The number of ether oxygens (including phenoxy) is 2. The van der Waals surface area contributed by atoms with Gasteiger partial charge < -0.3 is 9.47 Å². The normalized spacial score (nSPS) is 17.8. The molecule has 0 spiro atoms. The fraction of sp³-hybridized carbons (Fsp3) is 0.714. The maximum Gasteiger partial charge on any atom is 0.171 e. The zero-order valence-electron chi connectivity index (χ0n) is 10.8. The van der Waals surface area contributed by atoms with Gasteiger partial charge in [-0.1, -0.05) is 39.5 Å². The van der Waals surface area contributed by atoms with E-state index >= 15 is 0 Å². The van der Waals surface area contributed by atoms with Crippen LogP contribution in [0, 0.1) is 5.41 Å². The Balaban J connectivity index is 1.84. The molecule has 2 rings (SSSR count). The summed E-state index contributed by atoms with van der Waals surface area (Å²) in [6, 6.07) is 0. The monoisotopic (exact) mass is 254 g/mol. The largest absolute Gasteiger partial charge is 0.488 e. The molecule has 2 heterocycles. The highest BCUT2D eigenvalue weighted by Gasteiger charge is 2.29. The predicted molar refractivity (Wildman–Crippen MR) is 72.2 cm³/mol. The van der Waals surface area contributed by atoms with Crippen molar-refractivity contribution in [1.82, 2.24) is 0 Å². The summed E-state index contributed by atoms with van der Waals surface area (Å²) in [5.41, 5.74) is 0.171. The maximum atomic E-state index is 5.85. The maximum absolute atomic E-state index is 5.85. The van der Waals surface area contributed by atoms with Crippen molar-refractivity contribution in [2.45, 2.75) is 46.0 Å². The quantitative estimate of drug-likeness (QED) is 0.720. The smallest absolute Gasteiger partial charge is 0.171 e. The lowest BCUT2D eigenvalue weighted by Gasteiger charge is -2.26. The molecule has 0 unspecified atom stereocenters. The summed E-state index contributed by atoms with van der Waals surface area (Å²) in [4.78, 5) is 0. The van der Waals surface area contributed by atoms with Crippen LogP contribution in [0.5, 0.6) is 11.5 Å². The van der Waals surface area contributed by atoms with E-state index in [4.69, 9.17) is 9.47 Å². The average molecular weight is 254 g/mol. The first-order valence-corrected chi connectivity index (χ1v) is 7.49. The Morgan fingerprint density at radius 2 is 1.76 bits per heavy atom. The Morgan fingerprint density at radius 3 is 2.35 bits per heavy atom. The summed E-state index contributed by atoms with van der Waals surface area (Å²) >= 11 is 1.64. The van der Waals surface area contributed by atoms with E-state index in [9.17, 15) is 0 Å². The van der Waals surface area contributed by atoms with Gasteiger partial charge in [-0.3, -0.25) is 0 Å². The topological polar surface area (TPSA) is 18.5 Å². The van der Waals surface area contributed by atoms with E-state index in [2.05, 4.69) is 13.8 Å². The third-order valence-corrected chi connectivity index (χ3v) is 4.08. The van der Waals surface area contributed by atoms with E-state index < -0.39 is 0 Å². The second kappa shape index (κ2) is 5.76. The van der Waals surface area contributed by atoms with Crippen LogP contribution in [0.25, 0.3) is 0 Å². The molecule has 0 N–H and O–H groups in total. The molecule has 0 bridgehead atoms. The average Bonchev–Trinajstić information content (AvgIpc) is 2.72. The lowest BCUT2D eigenvalue weighted by molar-refractivity contribution is 0.109. The first-order valence-electron chi connectivity index (χ1n) is 6.55. The van der Waals surface area contributed by atoms with Gasteiger partial charge in [-0.15, -0.1) is 11.3 Å². The number of unbranched alkanes of at least 4 members (excludes halogenated alkanes) is 3. The summed E-state index contributed by atoms with van der Waals surface area (Å²) in [6.07, 6.45) is 6.43. The molecule has 3 heteroatoms. The molecule has 0 saturated carbocycles. The molecule has 1 aliphatic rings. The van der Waals surface area contributed by atoms with Gasteiger partial charge in [-0.2, -0.15) is 0 Å². The molecule has 2 nitrogen and oxygen atoms in total. The molecule has 1 aliphatic heterocycles. The van der Waals surface area contributed by atoms with Crippen LogP contribution in [-0.2, 0) is 0 Å². The van der Waals surface area contributed by atoms with Gasteiger partial charge in [0.15, 0.2) is 11.5 Å². The van der Waals surface area contributed by atoms with Crippen molar-refractivity contribution in [3.05, 3.63) is 10.8 Å². The standard InChI is InChI=1S/C14H22O2S/c1-3-4-5-6-7-14(2)10-15-12-8-17-9-13(12)16-11-14/h8-9H,3-7,10-11H2,1-2H3. The molecule has 1 aromatic rings. The minimum absolute atomic E-state index is 0.171. The SMILES string of the molecule is CCCCCCC1(C)COc2cscc2OC1. The zero-order chi connectivity index (χ0) is 12.1. The van der Waals surface area contributed by atoms with Gasteiger partial charge in [0.1, 0.15) is 0 Å². The Kier molecular flexibility index (Phi) is 4.32. The Labute approximate surface area is 108 Å². The number of hydrogen-bond acceptors (Lipinski definition) is 3. The molecule has 0 aliphatic carbocycles. The molecule has 0 atom stereocenters. The summed E-state index contributed by atoms with van der Waals surface area (Å²) in [7, 11) is 0. The molecule has 96 valence electrons. The van der Waals surface area contributed by atoms with Crippen LogP contribution in [0.3, 0.4) is 0 Å². The van der Waals surface area contributed by atoms with Crippen molar-refractivity contribution >= 4 is 11.3 Å². The van der Waals surface area contributed by atoms with Crippen LogP contribution in [0.2, 0.25) is 0 Å². The zero-order valence-corrected chi connectivity index (χ0v) is 11.6. The molecule has 0 radical (unpaired) electrons. The minimum Gasteiger partial charge on any atom is -0.488 e. The van der Waals surface area contributed by atoms with Crippen molar-refractivity contribution in [2.24, 2.45) is 5.41 Å². The van der Waals surface area contributed by atoms with Gasteiger partial charge >= 0.3 is 0 Å². The predicted octanol–water partition coefficient (Wildman–Crippen LogP) is 4.50. The molecular formula is C14H22O2S. The van der Waals surface area contributed by atoms with Crippen molar-refractivity contribution < 1.29 is 9.47 Å². The number of thiophene rings is 1. The van der Waals surface area contributed by atoms with Crippen LogP contribution in [0.4, 0.5) is 0 Å². The molecule has 0 aromatic carbocycles. The Bertz CT molecular complexity index is 323. The van der Waals surface area contributed by atoms with E-state index in [1.807, 2.05) is 10.8 Å². The van der Waals surface area contributed by atoms with E-state index in [1.165, 1.54) is 32.1 Å². The highest BCUT2D eigenvalue weighted by molar-refractivity contribution is 7.08. The third kappa shape index (κ3) is 3.38. The van der Waals surface area contributed by atoms with E-state index in [0.29, 0.717) is 0 Å². The van der Waals surface area contributed by atoms with Crippen molar-refractivity contribution in [1.29, 1.82) is 0 Å². The Morgan fingerprint density at radius 1 is 1.12 bits per heavy atom. The second-order valence-corrected chi connectivity index (χ2v) is 6.04. The van der Waals surface area contributed by atoms with Crippen LogP contribution in [0.1, 0.15) is 46.0 Å². The first-order chi connectivity index (χ1) is 8.23. The van der Waals surface area contributed by atoms with E-state index in [0.717, 1.165) is 24.7 Å². The molecule has 0 saturated heterocycles. The second-order valence-electron chi connectivity index (χ2n) is 5.30. The lowest BCUT2D eigenvalue weighted by atomic mass is 9.86. The summed E-state index contributed by atoms with van der Waals surface area (Å²) in [5.74, 6) is 1.85. The molecular weight excluding hydrogens is 232 g/mol. The van der Waals surface area contributed by atoms with Crippen molar-refractivity contribution in [2.75, 3.05) is 13.2 Å². The van der Waals surface area contributed by atoms with Crippen molar-refractivity contribution in [3.63, 3.8) is 0 Å². The van der Waals surface area contributed by atoms with E-state index in [1.54, 1.807) is 11.3 Å². The Hall–Kier alpha value is -0.700. The fourth-order valence-corrected chi connectivity index (χ4v) is 2.84. The summed E-state index contributed by atoms with van der Waals surface area (Å²) in [5, 5.41) is 4.05. The van der Waals surface area contributed by atoms with Gasteiger partial charge in [0.25, 0.3) is 0 Å². The van der Waals surface area contributed by atoms with Crippen LogP contribution in [0.15, 0.2) is 10.8 Å². The third-order valence-electron chi connectivity index (χ3n) is 3.38. The molecule has 17 heavy (non-hydrogen) atoms. The van der Waals surface area contributed by atoms with Crippen LogP contribution < -0.4 is 9.47 Å². The van der Waals surface area contributed by atoms with Crippen molar-refractivity contribution in [3.8, 4) is 11.5 Å². The van der Waals surface area contributed by atoms with Gasteiger partial charge in [0, 0.05) is 16.2 Å². The lowest BCUT2D eigenvalue weighted by Crippen LogP contribution is -2.30. The van der Waals surface area contributed by atoms with E-state index in [-0.39, 0.29) is 5.41 Å². The first kappa shape index (κ1) is 12.7. The van der Waals surface area contributed by atoms with Crippen LogP contribution >= 0.6 is 11.3 Å². The van der Waals surface area contributed by atoms with Gasteiger partial charge in [-0.05, 0) is 6.42 Å². The fourth-order valence-electron chi connectivity index (χ4n) is 2.15. The number of hydrogen-bond donors (Lipinski definition) is 0. The summed E-state index contributed by atoms with van der Waals surface area (Å²) < 4.78 is 11.7. The van der Waals surface area contributed by atoms with Gasteiger partial charge in [0.2, 0.25) is 0 Å². The van der Waals surface area contributed by atoms with Gasteiger partial charge in [-0.25, -0.2) is 0 Å². The number of rotatable bonds is 5. The minimum atomic E-state index is 0.171. The van der Waals surface area contributed by atoms with Crippen LogP contribution in [-0.4, -0.2) is 13.2 Å². The highest BCUT2D eigenvalue weighted by atomic mass is 32.1. The summed E-state index contributed by atoms with van der Waals surface area (Å²) in [6.45, 7) is 6.08. The highest BCUT2D eigenvalue weighted by Crippen LogP contribution is 2.38. The molecule has 0 fully saturated rings. The van der Waals surface area contributed by atoms with Gasteiger partial charge in [0.05, 0.1) is 13.2 Å². The number of fused-ring (bicyclic) bond motifs is 1.